The molecule has 0 saturated heterocycles. The van der Waals surface area contributed by atoms with Crippen molar-refractivity contribution in [1.82, 2.24) is 10.2 Å². The summed E-state index contributed by atoms with van der Waals surface area (Å²) in [5.74, 6) is 0. The lowest BCUT2D eigenvalue weighted by atomic mass is 10.0. The topological polar surface area (TPSA) is 15.3 Å². The van der Waals surface area contributed by atoms with Gasteiger partial charge >= 0.3 is 0 Å². The van der Waals surface area contributed by atoms with Crippen LogP contribution in [0.1, 0.15) is 37.8 Å². The van der Waals surface area contributed by atoms with Gasteiger partial charge in [0.25, 0.3) is 0 Å². The lowest BCUT2D eigenvalue weighted by Gasteiger charge is -2.21. The fraction of sp³-hybridized carbons (Fsp3) is 0.600. The summed E-state index contributed by atoms with van der Waals surface area (Å²) in [7, 11) is 2.22. The van der Waals surface area contributed by atoms with Crippen LogP contribution in [0.3, 0.4) is 0 Å². The van der Waals surface area contributed by atoms with Gasteiger partial charge < -0.3 is 10.2 Å². The molecular formula is C15H23ClN2. The van der Waals surface area contributed by atoms with Crippen molar-refractivity contribution < 1.29 is 0 Å². The third kappa shape index (κ3) is 3.98. The summed E-state index contributed by atoms with van der Waals surface area (Å²) >= 11 is 5.92. The molecule has 0 bridgehead atoms. The van der Waals surface area contributed by atoms with E-state index in [-0.39, 0.29) is 0 Å². The van der Waals surface area contributed by atoms with Gasteiger partial charge in [-0.05, 0) is 44.0 Å². The molecule has 0 amide bonds. The van der Waals surface area contributed by atoms with E-state index in [1.807, 2.05) is 12.1 Å². The largest absolute Gasteiger partial charge is 0.309 e. The maximum atomic E-state index is 5.92. The highest BCUT2D eigenvalue weighted by molar-refractivity contribution is 6.30. The van der Waals surface area contributed by atoms with Crippen molar-refractivity contribution in [3.05, 3.63) is 34.9 Å². The first-order valence-corrected chi connectivity index (χ1v) is 7.27. The first kappa shape index (κ1) is 13.9. The number of nitrogens with zero attached hydrogens (tertiary/aromatic N) is 1. The molecule has 1 atom stereocenters. The zero-order valence-corrected chi connectivity index (χ0v) is 12.1. The quantitative estimate of drug-likeness (QED) is 0.813. The molecule has 2 nitrogen and oxygen atoms in total. The minimum atomic E-state index is 0.440. The van der Waals surface area contributed by atoms with Crippen LogP contribution in [0.4, 0.5) is 0 Å². The van der Waals surface area contributed by atoms with Gasteiger partial charge in [-0.2, -0.15) is 0 Å². The standard InChI is InChI=1S/C15H23ClN2/c1-3-15(12-4-6-13(16)7-5-12)17-10-11-18(2)14-8-9-14/h4-7,14-15,17H,3,8-11H2,1-2H3. The number of rotatable bonds is 7. The van der Waals surface area contributed by atoms with Crippen LogP contribution in [0.15, 0.2) is 24.3 Å². The number of halogens is 1. The highest BCUT2D eigenvalue weighted by Crippen LogP contribution is 2.25. The van der Waals surface area contributed by atoms with Crippen molar-refractivity contribution in [2.24, 2.45) is 0 Å². The molecule has 0 spiro atoms. The summed E-state index contributed by atoms with van der Waals surface area (Å²) < 4.78 is 0. The fourth-order valence-electron chi connectivity index (χ4n) is 2.31. The van der Waals surface area contributed by atoms with Gasteiger partial charge in [0, 0.05) is 30.2 Å². The first-order valence-electron chi connectivity index (χ1n) is 6.89. The lowest BCUT2D eigenvalue weighted by molar-refractivity contribution is 0.313. The Balaban J connectivity index is 1.79. The Labute approximate surface area is 115 Å². The monoisotopic (exact) mass is 266 g/mol. The molecule has 0 radical (unpaired) electrons. The minimum Gasteiger partial charge on any atom is -0.309 e. The number of likely N-dealkylation sites (N-methyl/N-ethyl adjacent to an activating group) is 1. The van der Waals surface area contributed by atoms with Crippen molar-refractivity contribution in [2.75, 3.05) is 20.1 Å². The van der Waals surface area contributed by atoms with Crippen molar-refractivity contribution in [3.8, 4) is 0 Å². The molecule has 1 unspecified atom stereocenters. The van der Waals surface area contributed by atoms with E-state index >= 15 is 0 Å². The molecule has 0 aliphatic heterocycles. The maximum Gasteiger partial charge on any atom is 0.0406 e. The molecule has 3 heteroatoms. The molecule has 100 valence electrons. The van der Waals surface area contributed by atoms with Crippen LogP contribution in [-0.4, -0.2) is 31.1 Å². The van der Waals surface area contributed by atoms with Gasteiger partial charge in [0.15, 0.2) is 0 Å². The lowest BCUT2D eigenvalue weighted by Crippen LogP contribution is -2.32. The SMILES string of the molecule is CCC(NCCN(C)C1CC1)c1ccc(Cl)cc1. The predicted octanol–water partition coefficient (Wildman–Crippen LogP) is 3.47. The number of nitrogens with one attached hydrogen (secondary N) is 1. The van der Waals surface area contributed by atoms with Crippen LogP contribution < -0.4 is 5.32 Å². The van der Waals surface area contributed by atoms with Gasteiger partial charge in [0.05, 0.1) is 0 Å². The van der Waals surface area contributed by atoms with Crippen molar-refractivity contribution in [3.63, 3.8) is 0 Å². The molecule has 0 aromatic heterocycles. The molecule has 0 heterocycles. The predicted molar refractivity (Wildman–Crippen MR) is 78.1 cm³/mol. The molecule has 1 aromatic rings. The molecule has 18 heavy (non-hydrogen) atoms. The molecule has 1 aromatic carbocycles. The van der Waals surface area contributed by atoms with E-state index in [1.54, 1.807) is 0 Å². The number of benzene rings is 1. The van der Waals surface area contributed by atoms with E-state index in [4.69, 9.17) is 11.6 Å². The van der Waals surface area contributed by atoms with Crippen LogP contribution >= 0.6 is 11.6 Å². The molecule has 1 aliphatic rings. The van der Waals surface area contributed by atoms with E-state index in [0.29, 0.717) is 6.04 Å². The molecule has 2 rings (SSSR count). The summed E-state index contributed by atoms with van der Waals surface area (Å²) in [5, 5.41) is 4.44. The van der Waals surface area contributed by atoms with E-state index < -0.39 is 0 Å². The zero-order chi connectivity index (χ0) is 13.0. The summed E-state index contributed by atoms with van der Waals surface area (Å²) in [6.45, 7) is 4.40. The Morgan fingerprint density at radius 3 is 2.56 bits per heavy atom. The molecular weight excluding hydrogens is 244 g/mol. The van der Waals surface area contributed by atoms with E-state index in [1.165, 1.54) is 18.4 Å². The second-order valence-electron chi connectivity index (χ2n) is 5.18. The normalized spacial score (nSPS) is 17.1. The number of hydrogen-bond acceptors (Lipinski definition) is 2. The van der Waals surface area contributed by atoms with Crippen molar-refractivity contribution >= 4 is 11.6 Å². The van der Waals surface area contributed by atoms with E-state index in [2.05, 4.69) is 36.3 Å². The highest BCUT2D eigenvalue weighted by atomic mass is 35.5. The average Bonchev–Trinajstić information content (AvgIpc) is 3.20. The Bertz CT molecular complexity index is 359. The molecule has 1 saturated carbocycles. The Hall–Kier alpha value is -0.570. The van der Waals surface area contributed by atoms with Crippen LogP contribution in [0.5, 0.6) is 0 Å². The molecule has 1 N–H and O–H groups in total. The minimum absolute atomic E-state index is 0.440. The van der Waals surface area contributed by atoms with Crippen LogP contribution in [0, 0.1) is 0 Å². The zero-order valence-electron chi connectivity index (χ0n) is 11.3. The van der Waals surface area contributed by atoms with Crippen LogP contribution in [-0.2, 0) is 0 Å². The van der Waals surface area contributed by atoms with Gasteiger partial charge in [-0.1, -0.05) is 30.7 Å². The number of hydrogen-bond donors (Lipinski definition) is 1. The third-order valence-electron chi connectivity index (χ3n) is 3.71. The highest BCUT2D eigenvalue weighted by Gasteiger charge is 2.25. The summed E-state index contributed by atoms with van der Waals surface area (Å²) in [6, 6.07) is 9.47. The van der Waals surface area contributed by atoms with Gasteiger partial charge in [-0.15, -0.1) is 0 Å². The third-order valence-corrected chi connectivity index (χ3v) is 3.96. The first-order chi connectivity index (χ1) is 8.70. The van der Waals surface area contributed by atoms with Gasteiger partial charge in [-0.3, -0.25) is 0 Å². The van der Waals surface area contributed by atoms with Crippen molar-refractivity contribution in [2.45, 2.75) is 38.3 Å². The summed E-state index contributed by atoms with van der Waals surface area (Å²) in [4.78, 5) is 2.46. The second kappa shape index (κ2) is 6.55. The molecule has 1 aliphatic carbocycles. The van der Waals surface area contributed by atoms with Crippen LogP contribution in [0.25, 0.3) is 0 Å². The Morgan fingerprint density at radius 1 is 1.33 bits per heavy atom. The summed E-state index contributed by atoms with van der Waals surface area (Å²) in [5.41, 5.74) is 1.33. The van der Waals surface area contributed by atoms with E-state index in [9.17, 15) is 0 Å². The maximum absolute atomic E-state index is 5.92. The molecule has 1 fully saturated rings. The van der Waals surface area contributed by atoms with Gasteiger partial charge in [-0.25, -0.2) is 0 Å². The van der Waals surface area contributed by atoms with Gasteiger partial charge in [0.2, 0.25) is 0 Å². The smallest absolute Gasteiger partial charge is 0.0406 e. The fourth-order valence-corrected chi connectivity index (χ4v) is 2.43. The summed E-state index contributed by atoms with van der Waals surface area (Å²) in [6.07, 6.45) is 3.87. The van der Waals surface area contributed by atoms with E-state index in [0.717, 1.165) is 30.6 Å². The average molecular weight is 267 g/mol. The second-order valence-corrected chi connectivity index (χ2v) is 5.61. The van der Waals surface area contributed by atoms with Crippen molar-refractivity contribution in [1.29, 1.82) is 0 Å². The Morgan fingerprint density at radius 2 is 2.00 bits per heavy atom. The van der Waals surface area contributed by atoms with Gasteiger partial charge in [0.1, 0.15) is 0 Å². The van der Waals surface area contributed by atoms with Crippen LogP contribution in [0.2, 0.25) is 5.02 Å². The Kier molecular flexibility index (Phi) is 5.04.